The molecule has 0 spiro atoms. The van der Waals surface area contributed by atoms with E-state index in [4.69, 9.17) is 4.74 Å². The van der Waals surface area contributed by atoms with Crippen molar-refractivity contribution in [1.29, 1.82) is 0 Å². The summed E-state index contributed by atoms with van der Waals surface area (Å²) in [7, 11) is 0. The van der Waals surface area contributed by atoms with E-state index in [0.29, 0.717) is 35.7 Å². The number of fused-ring (bicyclic) bond motifs is 2. The first-order valence-corrected chi connectivity index (χ1v) is 11.4. The summed E-state index contributed by atoms with van der Waals surface area (Å²) in [6, 6.07) is 22.1. The van der Waals surface area contributed by atoms with Crippen molar-refractivity contribution in [3.8, 4) is 5.75 Å². The van der Waals surface area contributed by atoms with Gasteiger partial charge in [0.1, 0.15) is 5.75 Å². The fourth-order valence-electron chi connectivity index (χ4n) is 4.57. The molecule has 0 aromatic heterocycles. The zero-order valence-electron chi connectivity index (χ0n) is 19.3. The van der Waals surface area contributed by atoms with E-state index < -0.39 is 5.60 Å². The molecule has 0 radical (unpaired) electrons. The van der Waals surface area contributed by atoms with Gasteiger partial charge in [-0.2, -0.15) is 0 Å². The summed E-state index contributed by atoms with van der Waals surface area (Å²) in [5.74, 6) is -0.127. The van der Waals surface area contributed by atoms with E-state index in [0.717, 1.165) is 12.0 Å². The van der Waals surface area contributed by atoms with Crippen LogP contribution in [0.2, 0.25) is 0 Å². The van der Waals surface area contributed by atoms with E-state index in [1.54, 1.807) is 56.3 Å². The van der Waals surface area contributed by atoms with Gasteiger partial charge in [-0.05, 0) is 49.6 Å². The Bertz CT molecular complexity index is 1280. The van der Waals surface area contributed by atoms with Crippen LogP contribution in [0.1, 0.15) is 45.7 Å². The summed E-state index contributed by atoms with van der Waals surface area (Å²) in [5, 5.41) is 0. The van der Waals surface area contributed by atoms with Crippen LogP contribution >= 0.6 is 0 Å². The van der Waals surface area contributed by atoms with Gasteiger partial charge in [-0.3, -0.25) is 19.3 Å². The fourth-order valence-corrected chi connectivity index (χ4v) is 4.57. The van der Waals surface area contributed by atoms with Crippen molar-refractivity contribution >= 4 is 23.3 Å². The summed E-state index contributed by atoms with van der Waals surface area (Å²) in [5.41, 5.74) is 2.73. The summed E-state index contributed by atoms with van der Waals surface area (Å²) in [6.07, 6.45) is 0.806. The second-order valence-electron chi connectivity index (χ2n) is 9.22. The molecule has 2 aliphatic rings. The number of Topliss-reactive ketones (excluding diaryl/α,β-unsaturated/α-hetero) is 1. The number of carbonyl (C=O) groups is 3. The normalized spacial score (nSPS) is 16.4. The highest BCUT2D eigenvalue weighted by atomic mass is 16.5. The molecule has 2 aliphatic heterocycles. The first-order valence-electron chi connectivity index (χ1n) is 11.4. The van der Waals surface area contributed by atoms with Gasteiger partial charge in [0.2, 0.25) is 0 Å². The maximum Gasteiger partial charge on any atom is 0.271 e. The first-order chi connectivity index (χ1) is 16.3. The molecule has 0 bridgehead atoms. The summed E-state index contributed by atoms with van der Waals surface area (Å²) in [4.78, 5) is 42.8. The van der Waals surface area contributed by atoms with E-state index in [1.807, 2.05) is 29.2 Å². The molecule has 0 N–H and O–H groups in total. The molecule has 34 heavy (non-hydrogen) atoms. The number of benzene rings is 3. The molecule has 0 unspecified atom stereocenters. The number of anilines is 1. The lowest BCUT2D eigenvalue weighted by atomic mass is 9.98. The number of hydrogen-bond donors (Lipinski definition) is 0. The van der Waals surface area contributed by atoms with Crippen LogP contribution in [0.15, 0.2) is 72.8 Å². The number of ether oxygens (including phenoxy) is 1. The molecule has 2 heterocycles. The number of carbonyl (C=O) groups excluding carboxylic acids is 3. The smallest absolute Gasteiger partial charge is 0.271 e. The van der Waals surface area contributed by atoms with E-state index in [2.05, 4.69) is 6.07 Å². The van der Waals surface area contributed by atoms with Crippen molar-refractivity contribution in [3.05, 3.63) is 95.1 Å². The second kappa shape index (κ2) is 8.45. The Balaban J connectivity index is 1.45. The molecular weight excluding hydrogens is 428 g/mol. The van der Waals surface area contributed by atoms with Crippen LogP contribution in [0.4, 0.5) is 5.69 Å². The van der Waals surface area contributed by atoms with Gasteiger partial charge in [0.15, 0.2) is 11.4 Å². The van der Waals surface area contributed by atoms with Crippen molar-refractivity contribution < 1.29 is 19.1 Å². The van der Waals surface area contributed by atoms with Crippen molar-refractivity contribution in [2.75, 3.05) is 18.0 Å². The Hall–Kier alpha value is -3.93. The van der Waals surface area contributed by atoms with E-state index in [1.165, 1.54) is 10.5 Å². The Morgan fingerprint density at radius 3 is 2.38 bits per heavy atom. The fraction of sp³-hybridized carbons (Fsp3) is 0.250. The second-order valence-corrected chi connectivity index (χ2v) is 9.22. The minimum absolute atomic E-state index is 0.107. The standard InChI is InChI=1S/C28H26N2O4/c1-28(2)27(33)30(18-24(31)20-9-4-3-5-10-20)23-16-21(12-13-25(23)34-28)26(32)29-15-14-19-8-6-7-11-22(19)17-29/h3-13,16H,14-15,17-18H2,1-2H3. The zero-order chi connectivity index (χ0) is 23.9. The van der Waals surface area contributed by atoms with Crippen LogP contribution in [0, 0.1) is 0 Å². The summed E-state index contributed by atoms with van der Waals surface area (Å²) >= 11 is 0. The van der Waals surface area contributed by atoms with Gasteiger partial charge < -0.3 is 9.64 Å². The molecule has 5 rings (SSSR count). The van der Waals surface area contributed by atoms with E-state index in [9.17, 15) is 14.4 Å². The number of hydrogen-bond acceptors (Lipinski definition) is 4. The summed E-state index contributed by atoms with van der Waals surface area (Å²) in [6.45, 7) is 4.42. The van der Waals surface area contributed by atoms with Crippen molar-refractivity contribution in [2.45, 2.75) is 32.4 Å². The molecule has 0 atom stereocenters. The molecule has 6 nitrogen and oxygen atoms in total. The van der Waals surface area contributed by atoms with Crippen LogP contribution in [0.25, 0.3) is 0 Å². The quantitative estimate of drug-likeness (QED) is 0.552. The monoisotopic (exact) mass is 454 g/mol. The number of nitrogens with zero attached hydrogens (tertiary/aromatic N) is 2. The molecule has 3 aromatic rings. The van der Waals surface area contributed by atoms with E-state index in [-0.39, 0.29) is 24.1 Å². The zero-order valence-corrected chi connectivity index (χ0v) is 19.3. The molecule has 0 fully saturated rings. The maximum absolute atomic E-state index is 13.4. The molecule has 3 aromatic carbocycles. The van der Waals surface area contributed by atoms with Crippen LogP contribution < -0.4 is 9.64 Å². The molecule has 172 valence electrons. The lowest BCUT2D eigenvalue weighted by Crippen LogP contribution is -2.54. The number of ketones is 1. The predicted octanol–water partition coefficient (Wildman–Crippen LogP) is 4.27. The molecule has 0 aliphatic carbocycles. The van der Waals surface area contributed by atoms with Crippen molar-refractivity contribution in [2.24, 2.45) is 0 Å². The maximum atomic E-state index is 13.4. The minimum atomic E-state index is -1.12. The molecule has 6 heteroatoms. The third kappa shape index (κ3) is 3.96. The van der Waals surface area contributed by atoms with Crippen molar-refractivity contribution in [1.82, 2.24) is 4.90 Å². The third-order valence-electron chi connectivity index (χ3n) is 6.44. The molecular formula is C28H26N2O4. The average molecular weight is 455 g/mol. The Morgan fingerprint density at radius 2 is 1.62 bits per heavy atom. The highest BCUT2D eigenvalue weighted by Crippen LogP contribution is 2.39. The van der Waals surface area contributed by atoms with Crippen molar-refractivity contribution in [3.63, 3.8) is 0 Å². The van der Waals surface area contributed by atoms with Gasteiger partial charge in [0.25, 0.3) is 11.8 Å². The SMILES string of the molecule is CC1(C)Oc2ccc(C(=O)N3CCc4ccccc4C3)cc2N(CC(=O)c2ccccc2)C1=O. The molecule has 0 saturated heterocycles. The van der Waals surface area contributed by atoms with Crippen LogP contribution in [-0.2, 0) is 17.8 Å². The van der Waals surface area contributed by atoms with Crippen LogP contribution in [-0.4, -0.2) is 41.2 Å². The van der Waals surface area contributed by atoms with Gasteiger partial charge in [0.05, 0.1) is 12.2 Å². The average Bonchev–Trinajstić information content (AvgIpc) is 2.86. The largest absolute Gasteiger partial charge is 0.476 e. The number of amides is 2. The Labute approximate surface area is 198 Å². The topological polar surface area (TPSA) is 66.9 Å². The minimum Gasteiger partial charge on any atom is -0.476 e. The van der Waals surface area contributed by atoms with Gasteiger partial charge in [-0.1, -0.05) is 54.6 Å². The molecule has 0 saturated carbocycles. The van der Waals surface area contributed by atoms with Gasteiger partial charge in [0, 0.05) is 24.2 Å². The highest BCUT2D eigenvalue weighted by molar-refractivity contribution is 6.10. The third-order valence-corrected chi connectivity index (χ3v) is 6.44. The predicted molar refractivity (Wildman–Crippen MR) is 129 cm³/mol. The highest BCUT2D eigenvalue weighted by Gasteiger charge is 2.42. The van der Waals surface area contributed by atoms with Gasteiger partial charge in [-0.15, -0.1) is 0 Å². The first kappa shape index (κ1) is 21.9. The van der Waals surface area contributed by atoms with Crippen LogP contribution in [0.5, 0.6) is 5.75 Å². The Kier molecular flexibility index (Phi) is 5.44. The lowest BCUT2D eigenvalue weighted by Gasteiger charge is -2.38. The summed E-state index contributed by atoms with van der Waals surface area (Å²) < 4.78 is 5.95. The lowest BCUT2D eigenvalue weighted by molar-refractivity contribution is -0.132. The Morgan fingerprint density at radius 1 is 0.912 bits per heavy atom. The molecule has 2 amide bonds. The number of rotatable bonds is 4. The van der Waals surface area contributed by atoms with E-state index >= 15 is 0 Å². The van der Waals surface area contributed by atoms with Gasteiger partial charge >= 0.3 is 0 Å². The van der Waals surface area contributed by atoms with Gasteiger partial charge in [-0.25, -0.2) is 0 Å². The van der Waals surface area contributed by atoms with Crippen LogP contribution in [0.3, 0.4) is 0 Å².